The summed E-state index contributed by atoms with van der Waals surface area (Å²) in [5.74, 6) is -1.35. The number of benzene rings is 2. The standard InChI is InChI=1S/C23H21F4N5O2S/c1-5-35(33,34)31-7-6-13-14(8-12(24)9-17(13)31)15-10-16(25)19-20(18(15)21(26)27)32-11(2)29-30-22(32)23(3,4)28-19/h6-10,21,28H,5H2,1-4H3. The van der Waals surface area contributed by atoms with E-state index in [0.717, 1.165) is 22.2 Å². The second-order valence-electron chi connectivity index (χ2n) is 8.90. The minimum absolute atomic E-state index is 0.0272. The van der Waals surface area contributed by atoms with Crippen LogP contribution in [-0.4, -0.2) is 32.9 Å². The first-order valence-corrected chi connectivity index (χ1v) is 12.4. The molecule has 0 atom stereocenters. The summed E-state index contributed by atoms with van der Waals surface area (Å²) in [7, 11) is -3.80. The molecule has 0 unspecified atom stereocenters. The van der Waals surface area contributed by atoms with E-state index in [0.29, 0.717) is 5.82 Å². The Kier molecular flexibility index (Phi) is 5.03. The second kappa shape index (κ2) is 7.54. The molecule has 0 radical (unpaired) electrons. The van der Waals surface area contributed by atoms with Crippen LogP contribution in [0.15, 0.2) is 30.5 Å². The van der Waals surface area contributed by atoms with Crippen LogP contribution in [0.25, 0.3) is 27.7 Å². The summed E-state index contributed by atoms with van der Waals surface area (Å²) >= 11 is 0. The van der Waals surface area contributed by atoms with E-state index in [2.05, 4.69) is 15.5 Å². The Morgan fingerprint density at radius 1 is 1.11 bits per heavy atom. The number of fused-ring (bicyclic) bond motifs is 4. The molecule has 0 saturated heterocycles. The highest BCUT2D eigenvalue weighted by Gasteiger charge is 2.39. The first-order valence-electron chi connectivity index (χ1n) is 10.8. The van der Waals surface area contributed by atoms with E-state index in [1.165, 1.54) is 23.8 Å². The molecule has 35 heavy (non-hydrogen) atoms. The van der Waals surface area contributed by atoms with E-state index in [-0.39, 0.29) is 45.0 Å². The van der Waals surface area contributed by atoms with Crippen LogP contribution < -0.4 is 5.32 Å². The number of rotatable bonds is 4. The van der Waals surface area contributed by atoms with E-state index in [4.69, 9.17) is 0 Å². The van der Waals surface area contributed by atoms with Crippen LogP contribution in [0.5, 0.6) is 0 Å². The third kappa shape index (κ3) is 3.33. The van der Waals surface area contributed by atoms with Gasteiger partial charge in [0, 0.05) is 11.6 Å². The third-order valence-electron chi connectivity index (χ3n) is 6.25. The summed E-state index contributed by atoms with van der Waals surface area (Å²) in [5, 5.41) is 11.2. The van der Waals surface area contributed by atoms with Gasteiger partial charge in [-0.3, -0.25) is 4.57 Å². The van der Waals surface area contributed by atoms with Crippen molar-refractivity contribution >= 4 is 26.6 Å². The molecule has 4 aromatic rings. The van der Waals surface area contributed by atoms with Crippen molar-refractivity contribution in [3.63, 3.8) is 0 Å². The first-order chi connectivity index (χ1) is 16.4. The summed E-state index contributed by atoms with van der Waals surface area (Å²) in [6.45, 7) is 6.44. The highest BCUT2D eigenvalue weighted by molar-refractivity contribution is 7.90. The van der Waals surface area contributed by atoms with Crippen LogP contribution >= 0.6 is 0 Å². The number of nitrogens with one attached hydrogen (secondary N) is 1. The maximum absolute atomic E-state index is 15.5. The molecule has 3 heterocycles. The van der Waals surface area contributed by atoms with E-state index in [1.807, 2.05) is 0 Å². The van der Waals surface area contributed by atoms with Crippen molar-refractivity contribution in [2.24, 2.45) is 0 Å². The van der Waals surface area contributed by atoms with Crippen molar-refractivity contribution in [2.75, 3.05) is 11.1 Å². The Morgan fingerprint density at radius 2 is 1.83 bits per heavy atom. The van der Waals surface area contributed by atoms with Gasteiger partial charge in [0.1, 0.15) is 17.5 Å². The molecular weight excluding hydrogens is 486 g/mol. The van der Waals surface area contributed by atoms with Gasteiger partial charge in [0.05, 0.1) is 33.7 Å². The molecule has 12 heteroatoms. The van der Waals surface area contributed by atoms with Crippen molar-refractivity contribution in [1.29, 1.82) is 0 Å². The highest BCUT2D eigenvalue weighted by atomic mass is 32.2. The Bertz CT molecular complexity index is 1620. The number of hydrogen-bond acceptors (Lipinski definition) is 5. The topological polar surface area (TPSA) is 81.8 Å². The van der Waals surface area contributed by atoms with Gasteiger partial charge in [-0.1, -0.05) is 0 Å². The van der Waals surface area contributed by atoms with Gasteiger partial charge >= 0.3 is 0 Å². The van der Waals surface area contributed by atoms with E-state index in [9.17, 15) is 21.6 Å². The lowest BCUT2D eigenvalue weighted by Crippen LogP contribution is -2.37. The van der Waals surface area contributed by atoms with Crippen LogP contribution in [0.2, 0.25) is 0 Å². The minimum Gasteiger partial charge on any atom is -0.369 e. The van der Waals surface area contributed by atoms with Crippen LogP contribution in [0.1, 0.15) is 44.4 Å². The van der Waals surface area contributed by atoms with Crippen molar-refractivity contribution in [2.45, 2.75) is 39.7 Å². The third-order valence-corrected chi connectivity index (χ3v) is 7.89. The second-order valence-corrected chi connectivity index (χ2v) is 11.0. The molecule has 0 spiro atoms. The molecule has 0 aliphatic carbocycles. The van der Waals surface area contributed by atoms with Crippen molar-refractivity contribution in [3.8, 4) is 16.8 Å². The molecular formula is C23H21F4N5O2S. The van der Waals surface area contributed by atoms with Crippen LogP contribution in [0.3, 0.4) is 0 Å². The Morgan fingerprint density at radius 3 is 2.49 bits per heavy atom. The Hall–Kier alpha value is -3.41. The average Bonchev–Trinajstić information content (AvgIpc) is 3.38. The quantitative estimate of drug-likeness (QED) is 0.381. The first kappa shape index (κ1) is 23.3. The molecule has 5 rings (SSSR count). The number of nitrogens with zero attached hydrogens (tertiary/aromatic N) is 4. The lowest BCUT2D eigenvalue weighted by atomic mass is 9.91. The minimum atomic E-state index is -3.80. The number of anilines is 1. The van der Waals surface area contributed by atoms with Crippen LogP contribution in [0.4, 0.5) is 23.2 Å². The average molecular weight is 508 g/mol. The van der Waals surface area contributed by atoms with Gasteiger partial charge in [-0.2, -0.15) is 0 Å². The van der Waals surface area contributed by atoms with Gasteiger partial charge in [0.15, 0.2) is 5.82 Å². The van der Waals surface area contributed by atoms with E-state index in [1.54, 1.807) is 20.8 Å². The molecule has 0 bridgehead atoms. The maximum atomic E-state index is 15.5. The van der Waals surface area contributed by atoms with Crippen molar-refractivity contribution in [3.05, 3.63) is 59.3 Å². The summed E-state index contributed by atoms with van der Waals surface area (Å²) in [4.78, 5) is 0. The molecule has 0 amide bonds. The van der Waals surface area contributed by atoms with Gasteiger partial charge in [0.2, 0.25) is 10.0 Å². The number of aryl methyl sites for hydroxylation is 1. The summed E-state index contributed by atoms with van der Waals surface area (Å²) in [5.41, 5.74) is -2.11. The summed E-state index contributed by atoms with van der Waals surface area (Å²) in [6, 6.07) is 4.32. The van der Waals surface area contributed by atoms with E-state index >= 15 is 4.39 Å². The molecule has 1 N–H and O–H groups in total. The van der Waals surface area contributed by atoms with Crippen molar-refractivity contribution in [1.82, 2.24) is 18.7 Å². The molecule has 2 aromatic heterocycles. The molecule has 0 fully saturated rings. The SMILES string of the molecule is CCS(=O)(=O)n1ccc2c(-c3cc(F)c4c(c3C(F)F)-n3c(C)nnc3C(C)(C)N4)cc(F)cc21. The fraction of sp³-hybridized carbons (Fsp3) is 0.304. The molecule has 7 nitrogen and oxygen atoms in total. The van der Waals surface area contributed by atoms with Crippen LogP contribution in [0, 0.1) is 18.6 Å². The molecule has 1 aliphatic rings. The van der Waals surface area contributed by atoms with Gasteiger partial charge in [-0.05, 0) is 63.1 Å². The van der Waals surface area contributed by atoms with Gasteiger partial charge in [0.25, 0.3) is 6.43 Å². The fourth-order valence-corrected chi connectivity index (χ4v) is 5.61. The monoisotopic (exact) mass is 507 g/mol. The molecule has 0 saturated carbocycles. The predicted octanol–water partition coefficient (Wildman–Crippen LogP) is 5.27. The number of halogens is 4. The zero-order valence-electron chi connectivity index (χ0n) is 19.2. The van der Waals surface area contributed by atoms with Gasteiger partial charge in [-0.25, -0.2) is 30.0 Å². The normalized spacial score (nSPS) is 14.8. The number of alkyl halides is 2. The Balaban J connectivity index is 1.90. The highest BCUT2D eigenvalue weighted by Crippen LogP contribution is 2.47. The smallest absolute Gasteiger partial charge is 0.266 e. The van der Waals surface area contributed by atoms with Crippen molar-refractivity contribution < 1.29 is 26.0 Å². The molecule has 1 aliphatic heterocycles. The number of hydrogen-bond donors (Lipinski definition) is 1. The summed E-state index contributed by atoms with van der Waals surface area (Å²) < 4.78 is 87.0. The van der Waals surface area contributed by atoms with Gasteiger partial charge in [-0.15, -0.1) is 10.2 Å². The summed E-state index contributed by atoms with van der Waals surface area (Å²) in [6.07, 6.45) is -1.85. The molecule has 184 valence electrons. The zero-order chi connectivity index (χ0) is 25.4. The van der Waals surface area contributed by atoms with Crippen LogP contribution in [-0.2, 0) is 15.6 Å². The molecule has 2 aromatic carbocycles. The fourth-order valence-electron chi connectivity index (χ4n) is 4.64. The van der Waals surface area contributed by atoms with E-state index < -0.39 is 39.2 Å². The number of aromatic nitrogens is 4. The lowest BCUT2D eigenvalue weighted by Gasteiger charge is -2.35. The maximum Gasteiger partial charge on any atom is 0.266 e. The largest absolute Gasteiger partial charge is 0.369 e. The zero-order valence-corrected chi connectivity index (χ0v) is 20.0. The Labute approximate surface area is 198 Å². The predicted molar refractivity (Wildman–Crippen MR) is 123 cm³/mol. The lowest BCUT2D eigenvalue weighted by molar-refractivity contribution is 0.151. The van der Waals surface area contributed by atoms with Gasteiger partial charge < -0.3 is 5.32 Å².